The first-order valence-corrected chi connectivity index (χ1v) is 7.20. The molecule has 100 valence electrons. The summed E-state index contributed by atoms with van der Waals surface area (Å²) in [7, 11) is 0. The average molecular weight is 249 g/mol. The third kappa shape index (κ3) is 2.42. The smallest absolute Gasteiger partial charge is 0.0967 e. The van der Waals surface area contributed by atoms with Crippen LogP contribution >= 0.6 is 0 Å². The van der Waals surface area contributed by atoms with E-state index in [2.05, 4.69) is 15.2 Å². The highest BCUT2D eigenvalue weighted by Gasteiger charge is 2.34. The number of aromatic nitrogens is 3. The summed E-state index contributed by atoms with van der Waals surface area (Å²) in [5.74, 6) is 0.942. The van der Waals surface area contributed by atoms with E-state index >= 15 is 0 Å². The zero-order valence-corrected chi connectivity index (χ0v) is 11.0. The van der Waals surface area contributed by atoms with Gasteiger partial charge in [-0.3, -0.25) is 9.58 Å². The maximum absolute atomic E-state index is 5.53. The molecule has 0 bridgehead atoms. The molecule has 0 amide bonds. The molecular weight excluding hydrogens is 226 g/mol. The van der Waals surface area contributed by atoms with Crippen molar-refractivity contribution in [1.82, 2.24) is 19.9 Å². The summed E-state index contributed by atoms with van der Waals surface area (Å²) in [6.45, 7) is 3.58. The molecule has 1 aromatic heterocycles. The minimum absolute atomic E-state index is 0.622. The number of nitrogens with two attached hydrogens (primary N) is 1. The van der Waals surface area contributed by atoms with Crippen molar-refractivity contribution in [2.75, 3.05) is 13.1 Å². The molecule has 1 aromatic rings. The second kappa shape index (κ2) is 5.36. The maximum Gasteiger partial charge on any atom is 0.0967 e. The summed E-state index contributed by atoms with van der Waals surface area (Å²) in [5, 5.41) is 8.38. The third-order valence-electron chi connectivity index (χ3n) is 4.42. The topological polar surface area (TPSA) is 60.0 Å². The van der Waals surface area contributed by atoms with Gasteiger partial charge in [0.1, 0.15) is 0 Å². The van der Waals surface area contributed by atoms with E-state index in [1.807, 2.05) is 10.9 Å². The molecule has 1 saturated carbocycles. The number of fused-ring (bicyclic) bond motifs is 1. The fourth-order valence-electron chi connectivity index (χ4n) is 3.61. The summed E-state index contributed by atoms with van der Waals surface area (Å²) in [6, 6.07) is 0.804. The molecule has 2 unspecified atom stereocenters. The van der Waals surface area contributed by atoms with Crippen LogP contribution in [0.3, 0.4) is 0 Å². The lowest BCUT2D eigenvalue weighted by Gasteiger charge is -2.37. The number of likely N-dealkylation sites (tertiary alicyclic amines) is 1. The van der Waals surface area contributed by atoms with Gasteiger partial charge >= 0.3 is 0 Å². The molecule has 0 spiro atoms. The van der Waals surface area contributed by atoms with Crippen molar-refractivity contribution in [1.29, 1.82) is 0 Å². The predicted octanol–water partition coefficient (Wildman–Crippen LogP) is 1.00. The van der Waals surface area contributed by atoms with Gasteiger partial charge in [0.05, 0.1) is 12.2 Å². The Kier molecular flexibility index (Phi) is 3.61. The van der Waals surface area contributed by atoms with Gasteiger partial charge in [-0.25, -0.2) is 0 Å². The van der Waals surface area contributed by atoms with Crippen molar-refractivity contribution >= 4 is 0 Å². The standard InChI is InChI=1S/C13H23N5/c14-6-8-18-10-12(15-16-18)9-17-7-2-4-11-3-1-5-13(11)17/h10-11,13H,1-9,14H2. The van der Waals surface area contributed by atoms with Crippen LogP contribution in [0.4, 0.5) is 0 Å². The summed E-state index contributed by atoms with van der Waals surface area (Å²) in [5.41, 5.74) is 6.62. The monoisotopic (exact) mass is 249 g/mol. The van der Waals surface area contributed by atoms with Crippen LogP contribution < -0.4 is 5.73 Å². The predicted molar refractivity (Wildman–Crippen MR) is 69.8 cm³/mol. The Balaban J connectivity index is 1.63. The lowest BCUT2D eigenvalue weighted by atomic mass is 9.92. The fraction of sp³-hybridized carbons (Fsp3) is 0.846. The van der Waals surface area contributed by atoms with Gasteiger partial charge in [0.15, 0.2) is 0 Å². The van der Waals surface area contributed by atoms with Crippen LogP contribution in [0.15, 0.2) is 6.20 Å². The number of hydrogen-bond acceptors (Lipinski definition) is 4. The van der Waals surface area contributed by atoms with Gasteiger partial charge in [-0.2, -0.15) is 0 Å². The molecule has 1 saturated heterocycles. The molecular formula is C13H23N5. The number of rotatable bonds is 4. The third-order valence-corrected chi connectivity index (χ3v) is 4.42. The largest absolute Gasteiger partial charge is 0.329 e. The summed E-state index contributed by atoms with van der Waals surface area (Å²) >= 11 is 0. The zero-order chi connectivity index (χ0) is 12.4. The Morgan fingerprint density at radius 3 is 3.06 bits per heavy atom. The van der Waals surface area contributed by atoms with Crippen molar-refractivity contribution in [3.05, 3.63) is 11.9 Å². The Morgan fingerprint density at radius 1 is 1.28 bits per heavy atom. The van der Waals surface area contributed by atoms with Gasteiger partial charge in [-0.05, 0) is 38.1 Å². The van der Waals surface area contributed by atoms with Crippen LogP contribution in [0.5, 0.6) is 0 Å². The number of hydrogen-bond donors (Lipinski definition) is 1. The molecule has 1 aliphatic heterocycles. The second-order valence-electron chi connectivity index (χ2n) is 5.63. The SMILES string of the molecule is NCCn1cc(CN2CCCC3CCCC32)nn1. The van der Waals surface area contributed by atoms with Gasteiger partial charge < -0.3 is 5.73 Å². The molecule has 2 heterocycles. The van der Waals surface area contributed by atoms with Crippen molar-refractivity contribution < 1.29 is 0 Å². The Labute approximate surface area is 108 Å². The Bertz CT molecular complexity index is 388. The van der Waals surface area contributed by atoms with E-state index in [1.165, 1.54) is 38.6 Å². The van der Waals surface area contributed by atoms with E-state index < -0.39 is 0 Å². The van der Waals surface area contributed by atoms with Crippen LogP contribution in [0.25, 0.3) is 0 Å². The molecule has 5 heteroatoms. The molecule has 18 heavy (non-hydrogen) atoms. The van der Waals surface area contributed by atoms with Gasteiger partial charge in [0, 0.05) is 25.3 Å². The maximum atomic E-state index is 5.53. The second-order valence-corrected chi connectivity index (χ2v) is 5.63. The highest BCUT2D eigenvalue weighted by molar-refractivity contribution is 4.96. The van der Waals surface area contributed by atoms with E-state index in [4.69, 9.17) is 5.73 Å². The van der Waals surface area contributed by atoms with Crippen molar-refractivity contribution in [3.8, 4) is 0 Å². The molecule has 2 aliphatic rings. The zero-order valence-electron chi connectivity index (χ0n) is 11.0. The molecule has 2 N–H and O–H groups in total. The molecule has 2 atom stereocenters. The molecule has 1 aliphatic carbocycles. The van der Waals surface area contributed by atoms with Crippen molar-refractivity contribution in [3.63, 3.8) is 0 Å². The van der Waals surface area contributed by atoms with Crippen molar-refractivity contribution in [2.24, 2.45) is 11.7 Å². The summed E-state index contributed by atoms with van der Waals surface area (Å²) in [4.78, 5) is 2.62. The number of piperidine rings is 1. The minimum atomic E-state index is 0.622. The van der Waals surface area contributed by atoms with E-state index in [1.54, 1.807) is 0 Å². The Hall–Kier alpha value is -0.940. The summed E-state index contributed by atoms with van der Waals surface area (Å²) < 4.78 is 1.85. The molecule has 0 radical (unpaired) electrons. The highest BCUT2D eigenvalue weighted by atomic mass is 15.4. The first-order valence-electron chi connectivity index (χ1n) is 7.20. The quantitative estimate of drug-likeness (QED) is 0.865. The van der Waals surface area contributed by atoms with Gasteiger partial charge in [0.25, 0.3) is 0 Å². The molecule has 2 fully saturated rings. The Morgan fingerprint density at radius 2 is 2.17 bits per heavy atom. The van der Waals surface area contributed by atoms with Crippen molar-refractivity contribution in [2.45, 2.75) is 51.2 Å². The lowest BCUT2D eigenvalue weighted by molar-refractivity contribution is 0.104. The van der Waals surface area contributed by atoms with Crippen LogP contribution in [-0.4, -0.2) is 39.0 Å². The molecule has 0 aromatic carbocycles. The normalized spacial score (nSPS) is 28.5. The number of nitrogens with zero attached hydrogens (tertiary/aromatic N) is 4. The van der Waals surface area contributed by atoms with E-state index in [0.29, 0.717) is 6.54 Å². The molecule has 5 nitrogen and oxygen atoms in total. The van der Waals surface area contributed by atoms with Crippen LogP contribution in [-0.2, 0) is 13.1 Å². The minimum Gasteiger partial charge on any atom is -0.329 e. The van der Waals surface area contributed by atoms with Crippen LogP contribution in [0.1, 0.15) is 37.8 Å². The van der Waals surface area contributed by atoms with Gasteiger partial charge in [-0.1, -0.05) is 11.6 Å². The van der Waals surface area contributed by atoms with Gasteiger partial charge in [0.2, 0.25) is 0 Å². The molecule has 3 rings (SSSR count). The van der Waals surface area contributed by atoms with Gasteiger partial charge in [-0.15, -0.1) is 5.10 Å². The first kappa shape index (κ1) is 12.1. The van der Waals surface area contributed by atoms with E-state index in [-0.39, 0.29) is 0 Å². The summed E-state index contributed by atoms with van der Waals surface area (Å²) in [6.07, 6.45) is 9.04. The van der Waals surface area contributed by atoms with Crippen LogP contribution in [0.2, 0.25) is 0 Å². The van der Waals surface area contributed by atoms with E-state index in [0.717, 1.165) is 30.7 Å². The lowest BCUT2D eigenvalue weighted by Crippen LogP contribution is -2.41. The average Bonchev–Trinajstić information content (AvgIpc) is 2.99. The fourth-order valence-corrected chi connectivity index (χ4v) is 3.61. The highest BCUT2D eigenvalue weighted by Crippen LogP contribution is 2.37. The van der Waals surface area contributed by atoms with Crippen LogP contribution in [0, 0.1) is 5.92 Å². The van der Waals surface area contributed by atoms with E-state index in [9.17, 15) is 0 Å². The first-order chi connectivity index (χ1) is 8.86.